The fourth-order valence-corrected chi connectivity index (χ4v) is 8.34. The molecule has 0 atom stereocenters. The summed E-state index contributed by atoms with van der Waals surface area (Å²) in [6, 6.07) is 67.7. The molecule has 4 aromatic heterocycles. The molecule has 0 radical (unpaired) electrons. The fourth-order valence-electron chi connectivity index (χ4n) is 8.34. The van der Waals surface area contributed by atoms with Crippen LogP contribution >= 0.6 is 0 Å². The first kappa shape index (κ1) is 35.3. The van der Waals surface area contributed by atoms with Gasteiger partial charge in [-0.05, 0) is 41.5 Å². The molecule has 8 nitrogen and oxygen atoms in total. The maximum atomic E-state index is 6.69. The second-order valence-corrected chi connectivity index (χ2v) is 15.1. The van der Waals surface area contributed by atoms with Gasteiger partial charge in [0.2, 0.25) is 5.95 Å². The Kier molecular flexibility index (Phi) is 8.31. The van der Waals surface area contributed by atoms with Crippen LogP contribution in [0.1, 0.15) is 0 Å². The molecule has 0 saturated carbocycles. The number of hydrogen-bond donors (Lipinski definition) is 0. The van der Waals surface area contributed by atoms with Crippen molar-refractivity contribution in [1.82, 2.24) is 34.5 Å². The van der Waals surface area contributed by atoms with Gasteiger partial charge in [0.05, 0.1) is 16.6 Å². The molecule has 0 aliphatic carbocycles. The van der Waals surface area contributed by atoms with Crippen molar-refractivity contribution < 1.29 is 4.42 Å². The van der Waals surface area contributed by atoms with Crippen molar-refractivity contribution in [3.63, 3.8) is 0 Å². The van der Waals surface area contributed by atoms with Crippen LogP contribution in [0.15, 0.2) is 205 Å². The first-order valence-corrected chi connectivity index (χ1v) is 20.5. The third-order valence-corrected chi connectivity index (χ3v) is 11.3. The molecule has 290 valence electrons. The zero-order valence-corrected chi connectivity index (χ0v) is 33.1. The van der Waals surface area contributed by atoms with Crippen LogP contribution in [-0.4, -0.2) is 34.5 Å². The van der Waals surface area contributed by atoms with Crippen LogP contribution in [0.5, 0.6) is 0 Å². The molecule has 12 rings (SSSR count). The molecule has 0 unspecified atom stereocenters. The average Bonchev–Trinajstić information content (AvgIpc) is 3.90. The Bertz CT molecular complexity index is 3510. The maximum Gasteiger partial charge on any atom is 0.238 e. The third-order valence-electron chi connectivity index (χ3n) is 11.3. The Hall–Kier alpha value is -8.62. The van der Waals surface area contributed by atoms with E-state index in [1.807, 2.05) is 121 Å². The van der Waals surface area contributed by atoms with Gasteiger partial charge in [-0.2, -0.15) is 9.97 Å². The normalized spacial score (nSPS) is 11.5. The lowest BCUT2D eigenvalue weighted by Gasteiger charge is -2.11. The quantitative estimate of drug-likeness (QED) is 0.158. The summed E-state index contributed by atoms with van der Waals surface area (Å²) < 4.78 is 8.82. The summed E-state index contributed by atoms with van der Waals surface area (Å²) >= 11 is 0. The number of hydrogen-bond acceptors (Lipinski definition) is 7. The van der Waals surface area contributed by atoms with E-state index in [0.717, 1.165) is 77.1 Å². The smallest absolute Gasteiger partial charge is 0.238 e. The molecule has 8 aromatic carbocycles. The minimum absolute atomic E-state index is 0.528. The first-order chi connectivity index (χ1) is 30.7. The minimum Gasteiger partial charge on any atom is -0.455 e. The summed E-state index contributed by atoms with van der Waals surface area (Å²) in [5, 5.41) is 4.25. The van der Waals surface area contributed by atoms with E-state index in [9.17, 15) is 0 Å². The third kappa shape index (κ3) is 6.09. The van der Waals surface area contributed by atoms with Crippen molar-refractivity contribution in [3.8, 4) is 74.0 Å². The standard InChI is InChI=1S/C54H33N7O/c1-4-15-35(16-5-1)49-55-50(36-17-6-2-7-18-36)57-51(56-49)38-29-27-34(28-30-38)39-31-32-47-44(33-39)42-23-14-24-43(48(42)62-47)53-58-52(37-19-8-3-9-20-37)59-54(60-53)61-45-25-12-10-21-40(45)41-22-11-13-26-46(41)61/h1-33H. The first-order valence-electron chi connectivity index (χ1n) is 20.5. The highest BCUT2D eigenvalue weighted by Crippen LogP contribution is 2.39. The predicted molar refractivity (Wildman–Crippen MR) is 247 cm³/mol. The van der Waals surface area contributed by atoms with Crippen LogP contribution in [-0.2, 0) is 0 Å². The van der Waals surface area contributed by atoms with Crippen molar-refractivity contribution in [2.75, 3.05) is 0 Å². The number of furan rings is 1. The van der Waals surface area contributed by atoms with Crippen LogP contribution in [0.2, 0.25) is 0 Å². The topological polar surface area (TPSA) is 95.4 Å². The molecule has 0 fully saturated rings. The van der Waals surface area contributed by atoms with Crippen molar-refractivity contribution in [2.45, 2.75) is 0 Å². The molecule has 0 amide bonds. The minimum atomic E-state index is 0.528. The second-order valence-electron chi connectivity index (χ2n) is 15.1. The van der Waals surface area contributed by atoms with E-state index in [1.165, 1.54) is 0 Å². The largest absolute Gasteiger partial charge is 0.455 e. The molecule has 62 heavy (non-hydrogen) atoms. The number of benzene rings is 8. The number of fused-ring (bicyclic) bond motifs is 6. The average molecular weight is 796 g/mol. The van der Waals surface area contributed by atoms with Gasteiger partial charge in [0.25, 0.3) is 0 Å². The summed E-state index contributed by atoms with van der Waals surface area (Å²) in [5.74, 6) is 3.52. The summed E-state index contributed by atoms with van der Waals surface area (Å²) in [6.07, 6.45) is 0. The number of aromatic nitrogens is 7. The molecule has 4 heterocycles. The summed E-state index contributed by atoms with van der Waals surface area (Å²) in [6.45, 7) is 0. The van der Waals surface area contributed by atoms with Gasteiger partial charge in [0.1, 0.15) is 11.2 Å². The van der Waals surface area contributed by atoms with E-state index in [0.29, 0.717) is 40.7 Å². The van der Waals surface area contributed by atoms with Gasteiger partial charge in [0.15, 0.2) is 29.1 Å². The lowest BCUT2D eigenvalue weighted by Crippen LogP contribution is -2.06. The SMILES string of the molecule is c1ccc(-c2nc(-c3ccccc3)nc(-c3ccc(-c4ccc5oc6c(-c7nc(-c8ccccc8)nc(-n8c9ccccc9c9ccccc98)n7)cccc6c5c4)cc3)n2)cc1. The summed E-state index contributed by atoms with van der Waals surface area (Å²) in [5.41, 5.74) is 10.1. The molecule has 0 aliphatic heterocycles. The van der Waals surface area contributed by atoms with Crippen molar-refractivity contribution in [3.05, 3.63) is 200 Å². The zero-order valence-electron chi connectivity index (χ0n) is 33.1. The fraction of sp³-hybridized carbons (Fsp3) is 0. The van der Waals surface area contributed by atoms with Gasteiger partial charge < -0.3 is 4.42 Å². The van der Waals surface area contributed by atoms with Gasteiger partial charge in [-0.25, -0.2) is 19.9 Å². The Morgan fingerprint density at radius 2 is 0.742 bits per heavy atom. The molecule has 0 N–H and O–H groups in total. The highest BCUT2D eigenvalue weighted by molar-refractivity contribution is 6.11. The van der Waals surface area contributed by atoms with Gasteiger partial charge in [-0.3, -0.25) is 4.57 Å². The lowest BCUT2D eigenvalue weighted by atomic mass is 10.0. The van der Waals surface area contributed by atoms with E-state index < -0.39 is 0 Å². The molecule has 8 heteroatoms. The molecule has 0 bridgehead atoms. The van der Waals surface area contributed by atoms with Crippen LogP contribution in [0.4, 0.5) is 0 Å². The lowest BCUT2D eigenvalue weighted by molar-refractivity contribution is 0.669. The highest BCUT2D eigenvalue weighted by atomic mass is 16.3. The zero-order chi connectivity index (χ0) is 41.0. The summed E-state index contributed by atoms with van der Waals surface area (Å²) in [4.78, 5) is 30.1. The van der Waals surface area contributed by atoms with E-state index in [2.05, 4.69) is 83.4 Å². The van der Waals surface area contributed by atoms with Crippen LogP contribution in [0.25, 0.3) is 118 Å². The molecular weight excluding hydrogens is 763 g/mol. The van der Waals surface area contributed by atoms with Gasteiger partial charge in [-0.1, -0.05) is 170 Å². The van der Waals surface area contributed by atoms with Gasteiger partial charge in [-0.15, -0.1) is 0 Å². The van der Waals surface area contributed by atoms with Crippen LogP contribution < -0.4 is 0 Å². The Balaban J connectivity index is 0.952. The summed E-state index contributed by atoms with van der Waals surface area (Å²) in [7, 11) is 0. The number of rotatable bonds is 7. The van der Waals surface area contributed by atoms with E-state index in [-0.39, 0.29) is 0 Å². The van der Waals surface area contributed by atoms with Gasteiger partial charge >= 0.3 is 0 Å². The Labute approximate surface area is 355 Å². The Morgan fingerprint density at radius 3 is 1.32 bits per heavy atom. The van der Waals surface area contributed by atoms with Crippen molar-refractivity contribution in [1.29, 1.82) is 0 Å². The maximum absolute atomic E-state index is 6.69. The number of para-hydroxylation sites is 3. The molecular formula is C54H33N7O. The highest BCUT2D eigenvalue weighted by Gasteiger charge is 2.21. The molecule has 12 aromatic rings. The van der Waals surface area contributed by atoms with E-state index in [4.69, 9.17) is 34.3 Å². The van der Waals surface area contributed by atoms with Crippen LogP contribution in [0.3, 0.4) is 0 Å². The van der Waals surface area contributed by atoms with Crippen molar-refractivity contribution >= 4 is 43.7 Å². The number of nitrogens with zero attached hydrogens (tertiary/aromatic N) is 7. The van der Waals surface area contributed by atoms with Crippen LogP contribution in [0, 0.1) is 0 Å². The van der Waals surface area contributed by atoms with Crippen molar-refractivity contribution in [2.24, 2.45) is 0 Å². The Morgan fingerprint density at radius 1 is 0.306 bits per heavy atom. The molecule has 0 spiro atoms. The van der Waals surface area contributed by atoms with E-state index in [1.54, 1.807) is 0 Å². The monoisotopic (exact) mass is 795 g/mol. The van der Waals surface area contributed by atoms with Gasteiger partial charge in [0, 0.05) is 43.8 Å². The molecule has 0 aliphatic rings. The second kappa shape index (κ2) is 14.6. The molecule has 0 saturated heterocycles. The van der Waals surface area contributed by atoms with E-state index >= 15 is 0 Å². The predicted octanol–water partition coefficient (Wildman–Crippen LogP) is 13.1.